The van der Waals surface area contributed by atoms with Gasteiger partial charge in [0, 0.05) is 30.5 Å². The van der Waals surface area contributed by atoms with Gasteiger partial charge in [-0.25, -0.2) is 0 Å². The van der Waals surface area contributed by atoms with E-state index in [1.54, 1.807) is 21.3 Å². The second-order valence-corrected chi connectivity index (χ2v) is 4.78. The minimum absolute atomic E-state index is 0.178. The topological polar surface area (TPSA) is 44.8 Å². The molecule has 1 saturated carbocycles. The van der Waals surface area contributed by atoms with E-state index in [1.807, 2.05) is 12.1 Å². The van der Waals surface area contributed by atoms with Crippen molar-refractivity contribution in [3.8, 4) is 17.2 Å². The van der Waals surface area contributed by atoms with Crippen LogP contribution in [0.4, 0.5) is 0 Å². The molecular formula is C15H20O4. The van der Waals surface area contributed by atoms with E-state index in [1.165, 1.54) is 0 Å². The van der Waals surface area contributed by atoms with Gasteiger partial charge in [0.25, 0.3) is 0 Å². The lowest BCUT2D eigenvalue weighted by Crippen LogP contribution is -2.15. The summed E-state index contributed by atoms with van der Waals surface area (Å²) in [6.45, 7) is 0. The van der Waals surface area contributed by atoms with Crippen LogP contribution in [0.3, 0.4) is 0 Å². The Hall–Kier alpha value is -1.71. The van der Waals surface area contributed by atoms with E-state index in [4.69, 9.17) is 14.2 Å². The molecule has 1 aromatic rings. The van der Waals surface area contributed by atoms with Crippen LogP contribution in [0.5, 0.6) is 17.2 Å². The summed E-state index contributed by atoms with van der Waals surface area (Å²) >= 11 is 0. The fourth-order valence-corrected chi connectivity index (χ4v) is 2.71. The third-order valence-electron chi connectivity index (χ3n) is 3.64. The zero-order chi connectivity index (χ0) is 13.8. The first kappa shape index (κ1) is 13.7. The molecule has 0 bridgehead atoms. The van der Waals surface area contributed by atoms with Crippen molar-refractivity contribution in [3.05, 3.63) is 17.7 Å². The molecule has 19 heavy (non-hydrogen) atoms. The van der Waals surface area contributed by atoms with E-state index in [-0.39, 0.29) is 5.92 Å². The Morgan fingerprint density at radius 2 is 1.68 bits per heavy atom. The number of hydrogen-bond donors (Lipinski definition) is 0. The molecule has 0 aromatic heterocycles. The highest BCUT2D eigenvalue weighted by molar-refractivity contribution is 5.80. The molecule has 0 saturated heterocycles. The van der Waals surface area contributed by atoms with Gasteiger partial charge in [-0.15, -0.1) is 0 Å². The van der Waals surface area contributed by atoms with Gasteiger partial charge in [-0.2, -0.15) is 0 Å². The van der Waals surface area contributed by atoms with Crippen LogP contribution >= 0.6 is 0 Å². The Labute approximate surface area is 113 Å². The van der Waals surface area contributed by atoms with Crippen molar-refractivity contribution < 1.29 is 19.0 Å². The number of carbonyl (C=O) groups is 1. The molecule has 0 N–H and O–H groups in total. The molecule has 2 rings (SSSR count). The predicted octanol–water partition coefficient (Wildman–Crippen LogP) is 2.94. The Morgan fingerprint density at radius 1 is 1.05 bits per heavy atom. The molecule has 4 heteroatoms. The maximum atomic E-state index is 11.7. The summed E-state index contributed by atoms with van der Waals surface area (Å²) in [7, 11) is 4.86. The number of ketones is 1. The summed E-state index contributed by atoms with van der Waals surface area (Å²) in [5, 5.41) is 0. The van der Waals surface area contributed by atoms with Crippen LogP contribution < -0.4 is 14.2 Å². The highest BCUT2D eigenvalue weighted by Gasteiger charge is 2.27. The molecule has 0 amide bonds. The maximum absolute atomic E-state index is 11.7. The van der Waals surface area contributed by atoms with Gasteiger partial charge in [-0.1, -0.05) is 0 Å². The first-order chi connectivity index (χ1) is 9.19. The highest BCUT2D eigenvalue weighted by atomic mass is 16.5. The van der Waals surface area contributed by atoms with Crippen molar-refractivity contribution in [2.45, 2.75) is 31.6 Å². The molecule has 0 heterocycles. The number of carbonyl (C=O) groups excluding carboxylic acids is 1. The van der Waals surface area contributed by atoms with Crippen molar-refractivity contribution in [1.29, 1.82) is 0 Å². The fourth-order valence-electron chi connectivity index (χ4n) is 2.71. The van der Waals surface area contributed by atoms with E-state index in [0.29, 0.717) is 24.4 Å². The smallest absolute Gasteiger partial charge is 0.133 e. The third kappa shape index (κ3) is 2.83. The largest absolute Gasteiger partial charge is 0.496 e. The standard InChI is InChI=1S/C15H20O4/c1-17-12-8-13(18-2)15(14(9-12)19-3)10-5-4-6-11(16)7-10/h8-10H,4-7H2,1-3H3. The molecule has 1 aliphatic carbocycles. The number of hydrogen-bond acceptors (Lipinski definition) is 4. The SMILES string of the molecule is COc1cc(OC)c(C2CCCC(=O)C2)c(OC)c1. The van der Waals surface area contributed by atoms with Crippen LogP contribution in [0.2, 0.25) is 0 Å². The number of Topliss-reactive ketones (excluding diaryl/α,β-unsaturated/α-hetero) is 1. The molecule has 1 aliphatic rings. The van der Waals surface area contributed by atoms with Crippen LogP contribution in [0.15, 0.2) is 12.1 Å². The third-order valence-corrected chi connectivity index (χ3v) is 3.64. The second-order valence-electron chi connectivity index (χ2n) is 4.78. The van der Waals surface area contributed by atoms with Crippen molar-refractivity contribution in [2.75, 3.05) is 21.3 Å². The molecular weight excluding hydrogens is 244 g/mol. The second kappa shape index (κ2) is 5.95. The summed E-state index contributed by atoms with van der Waals surface area (Å²) in [6, 6.07) is 3.69. The van der Waals surface area contributed by atoms with Gasteiger partial charge >= 0.3 is 0 Å². The van der Waals surface area contributed by atoms with E-state index in [2.05, 4.69) is 0 Å². The average molecular weight is 264 g/mol. The summed E-state index contributed by atoms with van der Waals surface area (Å²) in [6.07, 6.45) is 3.18. The van der Waals surface area contributed by atoms with E-state index in [9.17, 15) is 4.79 Å². The Kier molecular flexibility index (Phi) is 4.30. The van der Waals surface area contributed by atoms with Crippen molar-refractivity contribution in [3.63, 3.8) is 0 Å². The Balaban J connectivity index is 2.44. The summed E-state index contributed by atoms with van der Waals surface area (Å²) < 4.78 is 16.1. The quantitative estimate of drug-likeness (QED) is 0.838. The number of benzene rings is 1. The van der Waals surface area contributed by atoms with Gasteiger partial charge < -0.3 is 14.2 Å². The van der Waals surface area contributed by atoms with Gasteiger partial charge in [-0.05, 0) is 18.8 Å². The molecule has 1 unspecified atom stereocenters. The lowest BCUT2D eigenvalue weighted by molar-refractivity contribution is -0.120. The van der Waals surface area contributed by atoms with Gasteiger partial charge in [-0.3, -0.25) is 4.79 Å². The average Bonchev–Trinajstić information content (AvgIpc) is 2.45. The molecule has 1 fully saturated rings. The molecule has 1 atom stereocenters. The van der Waals surface area contributed by atoms with Gasteiger partial charge in [0.2, 0.25) is 0 Å². The monoisotopic (exact) mass is 264 g/mol. The highest BCUT2D eigenvalue weighted by Crippen LogP contribution is 2.44. The van der Waals surface area contributed by atoms with Gasteiger partial charge in [0.15, 0.2) is 0 Å². The molecule has 0 spiro atoms. The van der Waals surface area contributed by atoms with Crippen LogP contribution in [-0.2, 0) is 4.79 Å². The lowest BCUT2D eigenvalue weighted by atomic mass is 9.82. The van der Waals surface area contributed by atoms with E-state index >= 15 is 0 Å². The van der Waals surface area contributed by atoms with Gasteiger partial charge in [0.1, 0.15) is 23.0 Å². The van der Waals surface area contributed by atoms with Crippen molar-refractivity contribution >= 4 is 5.78 Å². The van der Waals surface area contributed by atoms with Crippen LogP contribution in [0.1, 0.15) is 37.2 Å². The molecule has 104 valence electrons. The minimum atomic E-state index is 0.178. The van der Waals surface area contributed by atoms with Crippen LogP contribution in [0, 0.1) is 0 Å². The Bertz CT molecular complexity index is 442. The van der Waals surface area contributed by atoms with E-state index < -0.39 is 0 Å². The minimum Gasteiger partial charge on any atom is -0.496 e. The lowest BCUT2D eigenvalue weighted by Gasteiger charge is -2.25. The molecule has 0 radical (unpaired) electrons. The van der Waals surface area contributed by atoms with E-state index in [0.717, 1.165) is 29.9 Å². The number of ether oxygens (including phenoxy) is 3. The van der Waals surface area contributed by atoms with Crippen LogP contribution in [-0.4, -0.2) is 27.1 Å². The first-order valence-corrected chi connectivity index (χ1v) is 6.51. The molecule has 4 nitrogen and oxygen atoms in total. The summed E-state index contributed by atoms with van der Waals surface area (Å²) in [5.41, 5.74) is 0.985. The maximum Gasteiger partial charge on any atom is 0.133 e. The van der Waals surface area contributed by atoms with Gasteiger partial charge in [0.05, 0.1) is 21.3 Å². The first-order valence-electron chi connectivity index (χ1n) is 6.51. The fraction of sp³-hybridized carbons (Fsp3) is 0.533. The van der Waals surface area contributed by atoms with Crippen molar-refractivity contribution in [1.82, 2.24) is 0 Å². The summed E-state index contributed by atoms with van der Waals surface area (Å²) in [5.74, 6) is 2.65. The zero-order valence-electron chi connectivity index (χ0n) is 11.7. The van der Waals surface area contributed by atoms with Crippen molar-refractivity contribution in [2.24, 2.45) is 0 Å². The molecule has 1 aromatic carbocycles. The molecule has 0 aliphatic heterocycles. The number of rotatable bonds is 4. The zero-order valence-corrected chi connectivity index (χ0v) is 11.7. The normalized spacial score (nSPS) is 19.1. The van der Waals surface area contributed by atoms with Crippen LogP contribution in [0.25, 0.3) is 0 Å². The Morgan fingerprint density at radius 3 is 2.16 bits per heavy atom. The summed E-state index contributed by atoms with van der Waals surface area (Å²) in [4.78, 5) is 11.7. The predicted molar refractivity (Wildman–Crippen MR) is 72.3 cm³/mol. The number of methoxy groups -OCH3 is 3.